The van der Waals surface area contributed by atoms with E-state index in [9.17, 15) is 8.78 Å². The van der Waals surface area contributed by atoms with Gasteiger partial charge in [-0.1, -0.05) is 17.7 Å². The van der Waals surface area contributed by atoms with Crippen molar-refractivity contribution in [2.45, 2.75) is 6.92 Å². The lowest BCUT2D eigenvalue weighted by atomic mass is 10.2. The molecule has 5 nitrogen and oxygen atoms in total. The summed E-state index contributed by atoms with van der Waals surface area (Å²) in [4.78, 5) is 16.4. The van der Waals surface area contributed by atoms with E-state index in [1.807, 2.05) is 6.92 Å². The summed E-state index contributed by atoms with van der Waals surface area (Å²) in [7, 11) is 0. The number of benzene rings is 1. The molecule has 26 heavy (non-hydrogen) atoms. The van der Waals surface area contributed by atoms with Crippen molar-refractivity contribution in [3.8, 4) is 10.6 Å². The van der Waals surface area contributed by atoms with E-state index in [2.05, 4.69) is 25.3 Å². The molecule has 0 unspecified atom stereocenters. The first-order chi connectivity index (χ1) is 12.5. The van der Waals surface area contributed by atoms with Crippen LogP contribution in [0.3, 0.4) is 0 Å². The first-order valence-electron chi connectivity index (χ1n) is 7.48. The molecule has 0 aliphatic carbocycles. The van der Waals surface area contributed by atoms with E-state index >= 15 is 0 Å². The minimum Gasteiger partial charge on any atom is -0.324 e. The van der Waals surface area contributed by atoms with Crippen LogP contribution >= 0.6 is 22.9 Å². The Labute approximate surface area is 155 Å². The van der Waals surface area contributed by atoms with Crippen LogP contribution in [0.1, 0.15) is 5.69 Å². The second kappa shape index (κ2) is 6.54. The van der Waals surface area contributed by atoms with Gasteiger partial charge in [-0.3, -0.25) is 0 Å². The number of halogens is 3. The van der Waals surface area contributed by atoms with E-state index in [4.69, 9.17) is 11.6 Å². The number of hydrogen-bond donors (Lipinski definition) is 1. The fraction of sp³-hybridized carbons (Fsp3) is 0.0588. The van der Waals surface area contributed by atoms with Crippen LogP contribution in [0.2, 0.25) is 5.02 Å². The maximum Gasteiger partial charge on any atom is 0.168 e. The normalized spacial score (nSPS) is 11.1. The molecule has 4 aromatic rings. The summed E-state index contributed by atoms with van der Waals surface area (Å²) in [5.41, 5.74) is 0.996. The third-order valence-corrected chi connectivity index (χ3v) is 5.00. The Hall–Kier alpha value is -2.71. The lowest BCUT2D eigenvalue weighted by Crippen LogP contribution is -1.98. The topological polar surface area (TPSA) is 63.6 Å². The standard InChI is InChI=1S/C17H10ClF2N5S/c1-8-5-12(23-7-22-8)24-16-15-14(11(20)6-21-16)25-17(26-15)13-9(18)3-2-4-10(13)19/h2-7H,1H3,(H,21,22,23,24). The van der Waals surface area contributed by atoms with Crippen molar-refractivity contribution in [2.24, 2.45) is 0 Å². The van der Waals surface area contributed by atoms with Gasteiger partial charge in [-0.15, -0.1) is 11.3 Å². The molecule has 0 bridgehead atoms. The number of hydrogen-bond acceptors (Lipinski definition) is 6. The summed E-state index contributed by atoms with van der Waals surface area (Å²) in [6, 6.07) is 6.07. The van der Waals surface area contributed by atoms with Gasteiger partial charge in [0.05, 0.1) is 16.8 Å². The van der Waals surface area contributed by atoms with Crippen molar-refractivity contribution in [2.75, 3.05) is 5.32 Å². The minimum absolute atomic E-state index is 0.0904. The summed E-state index contributed by atoms with van der Waals surface area (Å²) in [5.74, 6) is -0.238. The molecule has 1 aromatic carbocycles. The molecule has 0 radical (unpaired) electrons. The van der Waals surface area contributed by atoms with E-state index < -0.39 is 11.6 Å². The van der Waals surface area contributed by atoms with Crippen LogP contribution in [-0.4, -0.2) is 19.9 Å². The summed E-state index contributed by atoms with van der Waals surface area (Å²) in [6.07, 6.45) is 2.47. The molecule has 4 rings (SSSR count). The molecule has 0 amide bonds. The van der Waals surface area contributed by atoms with Gasteiger partial charge < -0.3 is 5.32 Å². The first kappa shape index (κ1) is 16.7. The number of aryl methyl sites for hydroxylation is 1. The fourth-order valence-corrected chi connectivity index (χ4v) is 3.81. The number of aromatic nitrogens is 4. The first-order valence-corrected chi connectivity index (χ1v) is 8.67. The van der Waals surface area contributed by atoms with Crippen LogP contribution in [0, 0.1) is 18.6 Å². The molecular formula is C17H10ClF2N5S. The molecule has 0 atom stereocenters. The van der Waals surface area contributed by atoms with Gasteiger partial charge in [0.25, 0.3) is 0 Å². The van der Waals surface area contributed by atoms with Crippen LogP contribution < -0.4 is 5.32 Å². The van der Waals surface area contributed by atoms with E-state index in [0.717, 1.165) is 23.2 Å². The van der Waals surface area contributed by atoms with E-state index in [-0.39, 0.29) is 21.1 Å². The van der Waals surface area contributed by atoms with Crippen LogP contribution in [0.5, 0.6) is 0 Å². The Morgan fingerprint density at radius 2 is 1.96 bits per heavy atom. The van der Waals surface area contributed by atoms with Gasteiger partial charge in [-0.05, 0) is 19.1 Å². The van der Waals surface area contributed by atoms with Gasteiger partial charge >= 0.3 is 0 Å². The van der Waals surface area contributed by atoms with E-state index in [1.165, 1.54) is 18.5 Å². The second-order valence-corrected chi connectivity index (χ2v) is 6.82. The number of nitrogens with zero attached hydrogens (tertiary/aromatic N) is 4. The fourth-order valence-electron chi connectivity index (χ4n) is 2.43. The molecule has 0 aliphatic heterocycles. The van der Waals surface area contributed by atoms with Gasteiger partial charge in [-0.25, -0.2) is 28.7 Å². The number of thiazole rings is 1. The zero-order valence-electron chi connectivity index (χ0n) is 13.3. The largest absolute Gasteiger partial charge is 0.324 e. The molecule has 3 aromatic heterocycles. The minimum atomic E-state index is -0.598. The second-order valence-electron chi connectivity index (χ2n) is 5.42. The van der Waals surface area contributed by atoms with Crippen LogP contribution in [-0.2, 0) is 0 Å². The van der Waals surface area contributed by atoms with Gasteiger partial charge in [0, 0.05) is 11.8 Å². The molecular weight excluding hydrogens is 380 g/mol. The van der Waals surface area contributed by atoms with Crippen molar-refractivity contribution in [3.63, 3.8) is 0 Å². The summed E-state index contributed by atoms with van der Waals surface area (Å²) in [5, 5.41) is 3.51. The quantitative estimate of drug-likeness (QED) is 0.526. The van der Waals surface area contributed by atoms with Gasteiger partial charge in [0.15, 0.2) is 11.6 Å². The molecule has 9 heteroatoms. The Balaban J connectivity index is 1.86. The summed E-state index contributed by atoms with van der Waals surface area (Å²) < 4.78 is 28.8. The molecule has 130 valence electrons. The molecule has 0 spiro atoms. The Morgan fingerprint density at radius 1 is 1.12 bits per heavy atom. The van der Waals surface area contributed by atoms with Crippen molar-refractivity contribution in [1.29, 1.82) is 0 Å². The highest BCUT2D eigenvalue weighted by Crippen LogP contribution is 2.39. The van der Waals surface area contributed by atoms with Crippen molar-refractivity contribution >= 4 is 44.8 Å². The Bertz CT molecular complexity index is 1110. The highest BCUT2D eigenvalue weighted by Gasteiger charge is 2.19. The van der Waals surface area contributed by atoms with Crippen LogP contribution in [0.25, 0.3) is 20.8 Å². The predicted octanol–water partition coefficient (Wildman–Crippen LogP) is 5.13. The van der Waals surface area contributed by atoms with E-state index in [1.54, 1.807) is 12.1 Å². The van der Waals surface area contributed by atoms with Crippen molar-refractivity contribution in [1.82, 2.24) is 19.9 Å². The molecule has 0 aliphatic rings. The van der Waals surface area contributed by atoms with E-state index in [0.29, 0.717) is 16.3 Å². The predicted molar refractivity (Wildman–Crippen MR) is 97.8 cm³/mol. The van der Waals surface area contributed by atoms with Crippen molar-refractivity contribution < 1.29 is 8.78 Å². The monoisotopic (exact) mass is 389 g/mol. The highest BCUT2D eigenvalue weighted by atomic mass is 35.5. The molecule has 0 saturated carbocycles. The molecule has 1 N–H and O–H groups in total. The zero-order chi connectivity index (χ0) is 18.3. The van der Waals surface area contributed by atoms with Crippen LogP contribution in [0.15, 0.2) is 36.8 Å². The number of anilines is 2. The number of nitrogens with one attached hydrogen (secondary N) is 1. The number of rotatable bonds is 3. The molecule has 0 fully saturated rings. The Morgan fingerprint density at radius 3 is 2.73 bits per heavy atom. The smallest absolute Gasteiger partial charge is 0.168 e. The lowest BCUT2D eigenvalue weighted by molar-refractivity contribution is 0.629. The average Bonchev–Trinajstić information content (AvgIpc) is 3.03. The van der Waals surface area contributed by atoms with Gasteiger partial charge in [-0.2, -0.15) is 0 Å². The Kier molecular flexibility index (Phi) is 4.21. The number of fused-ring (bicyclic) bond motifs is 1. The molecule has 0 saturated heterocycles. The third kappa shape index (κ3) is 2.97. The lowest BCUT2D eigenvalue weighted by Gasteiger charge is -2.05. The number of pyridine rings is 1. The zero-order valence-corrected chi connectivity index (χ0v) is 14.9. The summed E-state index contributed by atoms with van der Waals surface area (Å²) >= 11 is 7.20. The maximum atomic E-state index is 14.2. The molecule has 3 heterocycles. The van der Waals surface area contributed by atoms with Crippen molar-refractivity contribution in [3.05, 3.63) is 59.1 Å². The highest BCUT2D eigenvalue weighted by molar-refractivity contribution is 7.22. The van der Waals surface area contributed by atoms with Crippen LogP contribution in [0.4, 0.5) is 20.4 Å². The maximum absolute atomic E-state index is 14.2. The van der Waals surface area contributed by atoms with Gasteiger partial charge in [0.1, 0.15) is 33.2 Å². The summed E-state index contributed by atoms with van der Waals surface area (Å²) in [6.45, 7) is 1.82. The third-order valence-electron chi connectivity index (χ3n) is 3.60. The SMILES string of the molecule is Cc1cc(Nc2ncc(F)c3nc(-c4c(F)cccc4Cl)sc23)ncn1. The van der Waals surface area contributed by atoms with Gasteiger partial charge in [0.2, 0.25) is 0 Å². The average molecular weight is 390 g/mol.